The molecule has 0 bridgehead atoms. The number of rotatable bonds is 26. The average Bonchev–Trinajstić information content (AvgIpc) is 3.97. The van der Waals surface area contributed by atoms with Crippen molar-refractivity contribution >= 4 is 23.6 Å². The van der Waals surface area contributed by atoms with E-state index in [9.17, 15) is 19.2 Å². The minimum absolute atomic E-state index is 0.212. The molecule has 16 nitrogen and oxygen atoms in total. The lowest BCUT2D eigenvalue weighted by Gasteiger charge is -2.23. The van der Waals surface area contributed by atoms with Crippen LogP contribution in [0.15, 0.2) is 111 Å². The Bertz CT molecular complexity index is 1640. The molecule has 4 aliphatic rings. The van der Waals surface area contributed by atoms with E-state index in [2.05, 4.69) is 89.9 Å². The van der Waals surface area contributed by atoms with Crippen LogP contribution in [-0.4, -0.2) is 49.8 Å². The highest BCUT2D eigenvalue weighted by atomic mass is 16.2. The zero-order valence-corrected chi connectivity index (χ0v) is 33.0. The van der Waals surface area contributed by atoms with Crippen LogP contribution in [0.1, 0.15) is 128 Å². The molecule has 16 heteroatoms. The van der Waals surface area contributed by atoms with Crippen LogP contribution in [-0.2, 0) is 19.2 Å². The monoisotopic (exact) mass is 766 g/mol. The molecule has 0 unspecified atom stereocenters. The van der Waals surface area contributed by atoms with Gasteiger partial charge in [0.25, 0.3) is 23.6 Å². The van der Waals surface area contributed by atoms with Gasteiger partial charge in [0.05, 0.1) is 34.1 Å². The Kier molecular flexibility index (Phi) is 15.6. The molecule has 4 N–H and O–H groups in total. The van der Waals surface area contributed by atoms with E-state index in [1.165, 1.54) is 0 Å². The highest BCUT2D eigenvalue weighted by molar-refractivity contribution is 6.06. The second-order valence-corrected chi connectivity index (χ2v) is 14.1. The van der Waals surface area contributed by atoms with Crippen molar-refractivity contribution in [2.24, 2.45) is 40.9 Å². The standard InChI is InChI=1S/C40H54N12O4/c1-5-9-13-21-41-33-29(37(53)49-45-33)27(30-34(46-50-38(30)54)42-22-14-10-6-2)25-17-19-26(20-18-25)28(31-35(47-51-39(31)55)43-23-15-11-7-3)32-36(48-52-40(32)56)44-24-16-12-8-4/h17-20,27-28,41-44H,5-16,21-24H2,1-4H3. The zero-order chi connectivity index (χ0) is 39.9. The second-order valence-electron chi connectivity index (χ2n) is 14.1. The van der Waals surface area contributed by atoms with Crippen LogP contribution in [0.2, 0.25) is 0 Å². The normalized spacial score (nSPS) is 16.5. The molecule has 0 aromatic heterocycles. The molecular formula is C40H54N12O4. The summed E-state index contributed by atoms with van der Waals surface area (Å²) in [6.07, 6.45) is 11.5. The first-order valence-electron chi connectivity index (χ1n) is 20.2. The number of hydrogen-bond acceptors (Lipinski definition) is 12. The van der Waals surface area contributed by atoms with E-state index < -0.39 is 35.5 Å². The fraction of sp³-hybridized carbons (Fsp3) is 0.550. The first-order chi connectivity index (χ1) is 27.3. The maximum Gasteiger partial charge on any atom is 0.296 e. The first kappa shape index (κ1) is 41.6. The van der Waals surface area contributed by atoms with Gasteiger partial charge in [-0.15, -0.1) is 40.9 Å². The van der Waals surface area contributed by atoms with Gasteiger partial charge in [0.2, 0.25) is 0 Å². The molecule has 0 atom stereocenters. The lowest BCUT2D eigenvalue weighted by atomic mass is 9.80. The van der Waals surface area contributed by atoms with E-state index in [1.54, 1.807) is 24.3 Å². The Morgan fingerprint density at radius 3 is 0.821 bits per heavy atom. The number of nitrogens with one attached hydrogen (secondary N) is 4. The van der Waals surface area contributed by atoms with Crippen LogP contribution < -0.4 is 21.3 Å². The van der Waals surface area contributed by atoms with E-state index in [1.807, 2.05) is 0 Å². The maximum absolute atomic E-state index is 13.6. The first-order valence-corrected chi connectivity index (χ1v) is 20.2. The van der Waals surface area contributed by atoms with Gasteiger partial charge >= 0.3 is 0 Å². The third kappa shape index (κ3) is 10.0. The van der Waals surface area contributed by atoms with Gasteiger partial charge in [-0.25, -0.2) is 0 Å². The Hall–Kier alpha value is -5.54. The minimum Gasteiger partial charge on any atom is -0.368 e. The smallest absolute Gasteiger partial charge is 0.296 e. The van der Waals surface area contributed by atoms with Crippen molar-refractivity contribution in [2.75, 3.05) is 26.2 Å². The molecule has 4 amide bonds. The van der Waals surface area contributed by atoms with Gasteiger partial charge in [0.15, 0.2) is 23.3 Å². The fourth-order valence-corrected chi connectivity index (χ4v) is 6.94. The van der Waals surface area contributed by atoms with Gasteiger partial charge in [-0.2, -0.15) is 0 Å². The molecule has 0 saturated carbocycles. The highest BCUT2D eigenvalue weighted by Crippen LogP contribution is 2.44. The number of carbonyl (C=O) groups is 4. The molecule has 0 spiro atoms. The Balaban J connectivity index is 1.61. The van der Waals surface area contributed by atoms with Crippen LogP contribution in [0.4, 0.5) is 0 Å². The molecule has 1 aromatic carbocycles. The number of azo groups is 4. The van der Waals surface area contributed by atoms with E-state index in [0.717, 1.165) is 77.0 Å². The van der Waals surface area contributed by atoms with Crippen molar-refractivity contribution in [3.63, 3.8) is 0 Å². The lowest BCUT2D eigenvalue weighted by Crippen LogP contribution is -2.25. The van der Waals surface area contributed by atoms with Crippen LogP contribution in [0, 0.1) is 0 Å². The number of amides is 4. The van der Waals surface area contributed by atoms with E-state index in [4.69, 9.17) is 0 Å². The quantitative estimate of drug-likeness (QED) is 0.0681. The van der Waals surface area contributed by atoms with Crippen molar-refractivity contribution in [1.29, 1.82) is 0 Å². The maximum atomic E-state index is 13.6. The van der Waals surface area contributed by atoms with E-state index in [0.29, 0.717) is 60.6 Å². The van der Waals surface area contributed by atoms with E-state index in [-0.39, 0.29) is 22.3 Å². The molecule has 298 valence electrons. The number of benzene rings is 1. The number of carbonyl (C=O) groups excluding carboxylic acids is 4. The lowest BCUT2D eigenvalue weighted by molar-refractivity contribution is -0.116. The van der Waals surface area contributed by atoms with Gasteiger partial charge in [-0.05, 0) is 36.8 Å². The van der Waals surface area contributed by atoms with Crippen molar-refractivity contribution in [3.8, 4) is 0 Å². The highest BCUT2D eigenvalue weighted by Gasteiger charge is 2.42. The summed E-state index contributed by atoms with van der Waals surface area (Å²) in [5, 5.41) is 45.5. The summed E-state index contributed by atoms with van der Waals surface area (Å²) in [6.45, 7) is 10.7. The largest absolute Gasteiger partial charge is 0.368 e. The Labute approximate surface area is 328 Å². The summed E-state index contributed by atoms with van der Waals surface area (Å²) in [5.41, 5.74) is 1.98. The van der Waals surface area contributed by atoms with Gasteiger partial charge in [-0.3, -0.25) is 19.2 Å². The van der Waals surface area contributed by atoms with Crippen molar-refractivity contribution < 1.29 is 19.2 Å². The number of hydrogen-bond donors (Lipinski definition) is 4. The summed E-state index contributed by atoms with van der Waals surface area (Å²) in [4.78, 5) is 54.3. The molecule has 4 aliphatic heterocycles. The summed E-state index contributed by atoms with van der Waals surface area (Å²) in [7, 11) is 0. The molecule has 0 radical (unpaired) electrons. The summed E-state index contributed by atoms with van der Waals surface area (Å²) in [5.74, 6) is -2.97. The molecule has 56 heavy (non-hydrogen) atoms. The van der Waals surface area contributed by atoms with Crippen LogP contribution in [0.3, 0.4) is 0 Å². The third-order valence-electron chi connectivity index (χ3n) is 9.95. The molecule has 0 aliphatic carbocycles. The van der Waals surface area contributed by atoms with Crippen LogP contribution >= 0.6 is 0 Å². The summed E-state index contributed by atoms with van der Waals surface area (Å²) in [6, 6.07) is 7.11. The van der Waals surface area contributed by atoms with Gasteiger partial charge in [-0.1, -0.05) is 103 Å². The van der Waals surface area contributed by atoms with Gasteiger partial charge in [0.1, 0.15) is 0 Å². The summed E-state index contributed by atoms with van der Waals surface area (Å²) >= 11 is 0. The second kappa shape index (κ2) is 20.9. The van der Waals surface area contributed by atoms with Crippen molar-refractivity contribution in [3.05, 3.63) is 81.0 Å². The zero-order valence-electron chi connectivity index (χ0n) is 33.0. The van der Waals surface area contributed by atoms with E-state index >= 15 is 0 Å². The summed E-state index contributed by atoms with van der Waals surface area (Å²) < 4.78 is 0. The number of unbranched alkanes of at least 4 members (excludes halogenated alkanes) is 8. The molecule has 1 aromatic rings. The topological polar surface area (TPSA) is 215 Å². The van der Waals surface area contributed by atoms with Crippen molar-refractivity contribution in [1.82, 2.24) is 21.3 Å². The fourth-order valence-electron chi connectivity index (χ4n) is 6.94. The molecule has 0 saturated heterocycles. The third-order valence-corrected chi connectivity index (χ3v) is 9.95. The molecule has 0 fully saturated rings. The SMILES string of the molecule is CCCCCNC1=C(C(C2=C(NCCCCC)N=NC2=O)c2ccc(C(C3=C(NCCCCC)N=NC3=O)C3=C(NCCCCC)N=NC3=O)cc2)C(=O)N=N1. The minimum atomic E-state index is -0.934. The molecular weight excluding hydrogens is 713 g/mol. The molecule has 4 heterocycles. The molecule has 5 rings (SSSR count). The van der Waals surface area contributed by atoms with Crippen LogP contribution in [0.5, 0.6) is 0 Å². The predicted octanol–water partition coefficient (Wildman–Crippen LogP) is 7.79. The van der Waals surface area contributed by atoms with Crippen molar-refractivity contribution in [2.45, 2.75) is 117 Å². The number of nitrogens with zero attached hydrogens (tertiary/aromatic N) is 8. The van der Waals surface area contributed by atoms with Gasteiger partial charge in [0, 0.05) is 26.2 Å². The average molecular weight is 767 g/mol. The van der Waals surface area contributed by atoms with Crippen LogP contribution in [0.25, 0.3) is 0 Å². The predicted molar refractivity (Wildman–Crippen MR) is 210 cm³/mol. The Morgan fingerprint density at radius 2 is 0.607 bits per heavy atom. The van der Waals surface area contributed by atoms with Gasteiger partial charge < -0.3 is 21.3 Å². The Morgan fingerprint density at radius 1 is 0.375 bits per heavy atom.